The number of primary amides is 1. The molecule has 0 aromatic heterocycles. The quantitative estimate of drug-likeness (QED) is 0.630. The number of benzene rings is 2. The van der Waals surface area contributed by atoms with Crippen molar-refractivity contribution >= 4 is 23.2 Å². The van der Waals surface area contributed by atoms with Crippen molar-refractivity contribution < 1.29 is 14.7 Å². The Morgan fingerprint density at radius 1 is 1.14 bits per heavy atom. The summed E-state index contributed by atoms with van der Waals surface area (Å²) in [6, 6.07) is 13.2. The van der Waals surface area contributed by atoms with Gasteiger partial charge >= 0.3 is 0 Å². The topological polar surface area (TPSA) is 104 Å². The first-order chi connectivity index (χ1) is 10.0. The van der Waals surface area contributed by atoms with E-state index in [-0.39, 0.29) is 5.56 Å². The second-order valence-corrected chi connectivity index (χ2v) is 4.74. The minimum absolute atomic E-state index is 0.197. The van der Waals surface area contributed by atoms with E-state index < -0.39 is 17.5 Å². The Hall–Kier alpha value is -2.86. The smallest absolute Gasteiger partial charge is 0.282 e. The molecule has 6 heteroatoms. The number of amides is 2. The first-order valence-electron chi connectivity index (χ1n) is 6.33. The van der Waals surface area contributed by atoms with Gasteiger partial charge in [0.1, 0.15) is 0 Å². The van der Waals surface area contributed by atoms with E-state index in [1.54, 1.807) is 42.5 Å². The number of hydrogen-bond donors (Lipinski definition) is 4. The van der Waals surface area contributed by atoms with Crippen molar-refractivity contribution in [1.82, 2.24) is 0 Å². The van der Waals surface area contributed by atoms with Crippen molar-refractivity contribution in [1.29, 1.82) is 0 Å². The van der Waals surface area contributed by atoms with Crippen LogP contribution in [0.25, 0.3) is 0 Å². The van der Waals surface area contributed by atoms with E-state index in [4.69, 9.17) is 5.73 Å². The fraction of sp³-hybridized carbons (Fsp3) is 0.0667. The summed E-state index contributed by atoms with van der Waals surface area (Å²) in [6.07, 6.45) is 0. The van der Waals surface area contributed by atoms with E-state index in [2.05, 4.69) is 10.6 Å². The van der Waals surface area contributed by atoms with Crippen LogP contribution in [0.2, 0.25) is 0 Å². The Kier molecular flexibility index (Phi) is 2.88. The molecule has 6 nitrogen and oxygen atoms in total. The fourth-order valence-corrected chi connectivity index (χ4v) is 2.37. The number of nitrogens with one attached hydrogen (secondary N) is 2. The van der Waals surface area contributed by atoms with Gasteiger partial charge in [0.05, 0.1) is 5.56 Å². The zero-order valence-corrected chi connectivity index (χ0v) is 11.0. The third kappa shape index (κ3) is 2.02. The number of nitrogens with two attached hydrogens (primary N) is 1. The van der Waals surface area contributed by atoms with Crippen LogP contribution in [-0.2, 0) is 10.5 Å². The van der Waals surface area contributed by atoms with Crippen LogP contribution in [0, 0.1) is 0 Å². The molecular weight excluding hydrogens is 270 g/mol. The van der Waals surface area contributed by atoms with Crippen LogP contribution in [0.1, 0.15) is 15.9 Å². The van der Waals surface area contributed by atoms with Gasteiger partial charge in [0.25, 0.3) is 11.8 Å². The molecule has 21 heavy (non-hydrogen) atoms. The second kappa shape index (κ2) is 4.60. The molecule has 1 atom stereocenters. The van der Waals surface area contributed by atoms with Gasteiger partial charge in [0.15, 0.2) is 0 Å². The molecule has 1 aliphatic rings. The number of para-hydroxylation sites is 2. The zero-order chi connectivity index (χ0) is 15.0. The van der Waals surface area contributed by atoms with Crippen LogP contribution in [0.3, 0.4) is 0 Å². The summed E-state index contributed by atoms with van der Waals surface area (Å²) in [5.41, 5.74) is 4.77. The van der Waals surface area contributed by atoms with E-state index in [0.717, 1.165) is 0 Å². The summed E-state index contributed by atoms with van der Waals surface area (Å²) in [5, 5.41) is 16.0. The van der Waals surface area contributed by atoms with E-state index in [1.165, 1.54) is 6.07 Å². The summed E-state index contributed by atoms with van der Waals surface area (Å²) in [7, 11) is 0. The van der Waals surface area contributed by atoms with E-state index >= 15 is 0 Å². The lowest BCUT2D eigenvalue weighted by molar-refractivity contribution is -0.130. The lowest BCUT2D eigenvalue weighted by atomic mass is 10.0. The zero-order valence-electron chi connectivity index (χ0n) is 11.0. The van der Waals surface area contributed by atoms with Gasteiger partial charge in [-0.2, -0.15) is 0 Å². The number of carbonyl (C=O) groups is 2. The number of fused-ring (bicyclic) bond motifs is 1. The molecule has 1 heterocycles. The Morgan fingerprint density at radius 3 is 2.57 bits per heavy atom. The Labute approximate surface area is 120 Å². The van der Waals surface area contributed by atoms with Crippen LogP contribution < -0.4 is 16.4 Å². The number of aliphatic hydroxyl groups is 1. The molecule has 1 aliphatic heterocycles. The van der Waals surface area contributed by atoms with Gasteiger partial charge in [-0.1, -0.05) is 30.3 Å². The predicted molar refractivity (Wildman–Crippen MR) is 77.6 cm³/mol. The number of hydrogen-bond acceptors (Lipinski definition) is 4. The summed E-state index contributed by atoms with van der Waals surface area (Å²) in [5.74, 6) is -1.25. The highest BCUT2D eigenvalue weighted by atomic mass is 16.3. The molecule has 2 aromatic carbocycles. The molecule has 3 rings (SSSR count). The van der Waals surface area contributed by atoms with E-state index in [9.17, 15) is 14.7 Å². The van der Waals surface area contributed by atoms with Gasteiger partial charge in [0.2, 0.25) is 5.72 Å². The summed E-state index contributed by atoms with van der Waals surface area (Å²) in [4.78, 5) is 23.5. The maximum Gasteiger partial charge on any atom is 0.282 e. The second-order valence-electron chi connectivity index (χ2n) is 4.74. The molecule has 2 aromatic rings. The molecule has 0 bridgehead atoms. The third-order valence-electron chi connectivity index (χ3n) is 3.40. The number of carbonyl (C=O) groups excluding carboxylic acids is 2. The number of rotatable bonds is 3. The van der Waals surface area contributed by atoms with Crippen molar-refractivity contribution in [3.8, 4) is 0 Å². The molecule has 106 valence electrons. The fourth-order valence-electron chi connectivity index (χ4n) is 2.37. The Balaban J connectivity index is 2.06. The minimum atomic E-state index is -1.94. The molecule has 2 amide bonds. The average molecular weight is 283 g/mol. The lowest BCUT2D eigenvalue weighted by Gasteiger charge is -2.24. The average Bonchev–Trinajstić information content (AvgIpc) is 2.71. The highest BCUT2D eigenvalue weighted by Gasteiger charge is 2.45. The van der Waals surface area contributed by atoms with Gasteiger partial charge in [-0.3, -0.25) is 9.59 Å². The molecule has 0 fully saturated rings. The number of anilines is 2. The monoisotopic (exact) mass is 283 g/mol. The highest BCUT2D eigenvalue weighted by molar-refractivity contribution is 6.07. The van der Waals surface area contributed by atoms with E-state index in [1.807, 2.05) is 0 Å². The Morgan fingerprint density at radius 2 is 1.81 bits per heavy atom. The molecule has 5 N–H and O–H groups in total. The van der Waals surface area contributed by atoms with Crippen molar-refractivity contribution in [3.05, 3.63) is 59.7 Å². The molecule has 0 spiro atoms. The summed E-state index contributed by atoms with van der Waals surface area (Å²) in [6.45, 7) is 0. The van der Waals surface area contributed by atoms with Crippen LogP contribution >= 0.6 is 0 Å². The van der Waals surface area contributed by atoms with Crippen LogP contribution in [-0.4, -0.2) is 16.9 Å². The minimum Gasteiger partial charge on any atom is -0.366 e. The first-order valence-corrected chi connectivity index (χ1v) is 6.33. The van der Waals surface area contributed by atoms with E-state index in [0.29, 0.717) is 16.9 Å². The summed E-state index contributed by atoms with van der Waals surface area (Å²) < 4.78 is 0. The normalized spacial score (nSPS) is 19.8. The van der Waals surface area contributed by atoms with Crippen molar-refractivity contribution in [3.63, 3.8) is 0 Å². The van der Waals surface area contributed by atoms with Gasteiger partial charge in [-0.05, 0) is 18.2 Å². The first kappa shape index (κ1) is 13.1. The van der Waals surface area contributed by atoms with Gasteiger partial charge in [-0.25, -0.2) is 0 Å². The van der Waals surface area contributed by atoms with Crippen LogP contribution in [0.4, 0.5) is 11.4 Å². The van der Waals surface area contributed by atoms with Gasteiger partial charge < -0.3 is 21.5 Å². The summed E-state index contributed by atoms with van der Waals surface area (Å²) >= 11 is 0. The third-order valence-corrected chi connectivity index (χ3v) is 3.40. The molecule has 0 saturated heterocycles. The molecule has 0 radical (unpaired) electrons. The van der Waals surface area contributed by atoms with Gasteiger partial charge in [-0.15, -0.1) is 0 Å². The molecule has 0 aliphatic carbocycles. The van der Waals surface area contributed by atoms with Gasteiger partial charge in [0, 0.05) is 16.9 Å². The molecular formula is C15H13N3O3. The van der Waals surface area contributed by atoms with Crippen LogP contribution in [0.5, 0.6) is 0 Å². The largest absolute Gasteiger partial charge is 0.366 e. The highest BCUT2D eigenvalue weighted by Crippen LogP contribution is 2.36. The maximum absolute atomic E-state index is 12.1. The van der Waals surface area contributed by atoms with Crippen molar-refractivity contribution in [2.75, 3.05) is 10.6 Å². The van der Waals surface area contributed by atoms with Crippen molar-refractivity contribution in [2.24, 2.45) is 5.73 Å². The lowest BCUT2D eigenvalue weighted by Crippen LogP contribution is -2.42. The Bertz CT molecular complexity index is 744. The maximum atomic E-state index is 12.1. The SMILES string of the molecule is NC(=O)c1ccccc1NC1(O)C(=O)Nc2ccccc21. The molecule has 1 unspecified atom stereocenters. The molecule has 0 saturated carbocycles. The standard InChI is InChI=1S/C15H13N3O3/c16-13(19)9-5-1-3-7-11(9)18-15(21)10-6-2-4-8-12(10)17-14(15)20/h1-8,18,21H,(H2,16,19)(H,17,20). The predicted octanol–water partition coefficient (Wildman–Crippen LogP) is 0.995. The van der Waals surface area contributed by atoms with Crippen molar-refractivity contribution in [2.45, 2.75) is 5.72 Å². The van der Waals surface area contributed by atoms with Crippen LogP contribution in [0.15, 0.2) is 48.5 Å².